The third kappa shape index (κ3) is 3.34. The van der Waals surface area contributed by atoms with E-state index in [1.54, 1.807) is 0 Å². The monoisotopic (exact) mass is 341 g/mol. The highest BCUT2D eigenvalue weighted by Crippen LogP contribution is 2.29. The molecule has 20 heavy (non-hydrogen) atoms. The topological polar surface area (TPSA) is 98.3 Å². The van der Waals surface area contributed by atoms with E-state index in [4.69, 9.17) is 5.73 Å². The van der Waals surface area contributed by atoms with Gasteiger partial charge in [-0.25, -0.2) is 0 Å². The summed E-state index contributed by atoms with van der Waals surface area (Å²) in [6, 6.07) is 4.31. The maximum atomic E-state index is 12.2. The Kier molecular flexibility index (Phi) is 4.72. The van der Waals surface area contributed by atoms with Gasteiger partial charge >= 0.3 is 0 Å². The molecule has 2 rings (SSSR count). The molecule has 1 saturated carbocycles. The highest BCUT2D eigenvalue weighted by Gasteiger charge is 2.28. The number of hydrogen-bond donors (Lipinski definition) is 2. The Morgan fingerprint density at radius 2 is 2.10 bits per heavy atom. The molecule has 1 aliphatic carbocycles. The van der Waals surface area contributed by atoms with Crippen LogP contribution >= 0.6 is 15.9 Å². The molecule has 0 radical (unpaired) electrons. The molecular weight excluding hydrogens is 326 g/mol. The minimum Gasteiger partial charge on any atom is -0.327 e. The Morgan fingerprint density at radius 3 is 2.70 bits per heavy atom. The molecule has 1 amide bonds. The fraction of sp³-hybridized carbons (Fsp3) is 0.462. The molecule has 1 fully saturated rings. The number of nitro benzene ring substituents is 1. The van der Waals surface area contributed by atoms with Gasteiger partial charge < -0.3 is 11.1 Å². The van der Waals surface area contributed by atoms with Gasteiger partial charge in [-0.05, 0) is 40.9 Å². The summed E-state index contributed by atoms with van der Waals surface area (Å²) in [5.41, 5.74) is 6.47. The van der Waals surface area contributed by atoms with E-state index in [9.17, 15) is 14.9 Å². The van der Waals surface area contributed by atoms with E-state index in [-0.39, 0.29) is 23.6 Å². The molecule has 0 spiro atoms. The van der Waals surface area contributed by atoms with Gasteiger partial charge in [0, 0.05) is 17.8 Å². The van der Waals surface area contributed by atoms with Crippen LogP contribution in [0.2, 0.25) is 0 Å². The zero-order chi connectivity index (χ0) is 14.7. The van der Waals surface area contributed by atoms with Crippen LogP contribution in [0.4, 0.5) is 11.4 Å². The van der Waals surface area contributed by atoms with Crippen LogP contribution in [-0.2, 0) is 4.79 Å². The number of anilines is 1. The van der Waals surface area contributed by atoms with Gasteiger partial charge in [-0.3, -0.25) is 14.9 Å². The zero-order valence-electron chi connectivity index (χ0n) is 10.8. The Balaban J connectivity index is 2.08. The summed E-state index contributed by atoms with van der Waals surface area (Å²) in [6.07, 6.45) is 3.73. The normalized spacial score (nSPS) is 22.3. The van der Waals surface area contributed by atoms with E-state index in [1.165, 1.54) is 18.2 Å². The Bertz CT molecular complexity index is 536. The van der Waals surface area contributed by atoms with Crippen molar-refractivity contribution in [2.24, 2.45) is 11.7 Å². The van der Waals surface area contributed by atoms with Gasteiger partial charge in [-0.2, -0.15) is 0 Å². The zero-order valence-corrected chi connectivity index (χ0v) is 12.4. The van der Waals surface area contributed by atoms with E-state index in [0.717, 1.165) is 25.7 Å². The molecule has 0 saturated heterocycles. The fourth-order valence-electron chi connectivity index (χ4n) is 2.45. The largest absolute Gasteiger partial charge is 0.327 e. The number of amides is 1. The summed E-state index contributed by atoms with van der Waals surface area (Å²) in [4.78, 5) is 22.4. The summed E-state index contributed by atoms with van der Waals surface area (Å²) in [5.74, 6) is -0.296. The summed E-state index contributed by atoms with van der Waals surface area (Å²) in [6.45, 7) is 0. The number of nitrogens with zero attached hydrogens (tertiary/aromatic N) is 1. The number of nitrogens with two attached hydrogens (primary N) is 1. The molecular formula is C13H16BrN3O3. The van der Waals surface area contributed by atoms with Crippen LogP contribution < -0.4 is 11.1 Å². The van der Waals surface area contributed by atoms with Crippen LogP contribution in [0.15, 0.2) is 22.7 Å². The quantitative estimate of drug-likeness (QED) is 0.652. The number of nitro groups is 1. The second kappa shape index (κ2) is 6.32. The molecule has 0 aromatic heterocycles. The van der Waals surface area contributed by atoms with E-state index in [1.807, 2.05) is 0 Å². The predicted molar refractivity (Wildman–Crippen MR) is 79.4 cm³/mol. The molecule has 0 bridgehead atoms. The predicted octanol–water partition coefficient (Wildman–Crippen LogP) is 2.81. The number of nitrogens with one attached hydrogen (secondary N) is 1. The van der Waals surface area contributed by atoms with Gasteiger partial charge in [0.05, 0.1) is 15.3 Å². The van der Waals surface area contributed by atoms with Crippen molar-refractivity contribution >= 4 is 33.2 Å². The molecule has 0 heterocycles. The van der Waals surface area contributed by atoms with Crippen LogP contribution in [0.25, 0.3) is 0 Å². The lowest BCUT2D eigenvalue weighted by atomic mass is 9.84. The number of carbonyl (C=O) groups excluding carboxylic acids is 1. The second-order valence-corrected chi connectivity index (χ2v) is 5.82. The van der Waals surface area contributed by atoms with Crippen LogP contribution in [0.3, 0.4) is 0 Å². The van der Waals surface area contributed by atoms with Crippen molar-refractivity contribution in [3.8, 4) is 0 Å². The van der Waals surface area contributed by atoms with Crippen molar-refractivity contribution < 1.29 is 9.72 Å². The molecule has 1 aromatic rings. The molecule has 0 aliphatic heterocycles. The second-order valence-electron chi connectivity index (χ2n) is 4.97. The lowest BCUT2D eigenvalue weighted by Crippen LogP contribution is -2.40. The van der Waals surface area contributed by atoms with Crippen LogP contribution in [0.5, 0.6) is 0 Å². The van der Waals surface area contributed by atoms with Crippen molar-refractivity contribution in [3.63, 3.8) is 0 Å². The minimum absolute atomic E-state index is 0.0302. The minimum atomic E-state index is -0.479. The number of rotatable bonds is 3. The summed E-state index contributed by atoms with van der Waals surface area (Å²) >= 11 is 3.13. The van der Waals surface area contributed by atoms with Crippen molar-refractivity contribution in [2.75, 3.05) is 5.32 Å². The molecule has 108 valence electrons. The number of halogens is 1. The summed E-state index contributed by atoms with van der Waals surface area (Å²) in [5, 5.41) is 13.5. The van der Waals surface area contributed by atoms with Crippen LogP contribution in [0.1, 0.15) is 25.7 Å². The highest BCUT2D eigenvalue weighted by molar-refractivity contribution is 9.10. The lowest BCUT2D eigenvalue weighted by Gasteiger charge is -2.27. The Hall–Kier alpha value is -1.47. The third-order valence-corrected chi connectivity index (χ3v) is 4.20. The van der Waals surface area contributed by atoms with Gasteiger partial charge in [0.15, 0.2) is 0 Å². The number of hydrogen-bond acceptors (Lipinski definition) is 4. The van der Waals surface area contributed by atoms with Gasteiger partial charge in [0.2, 0.25) is 5.91 Å². The van der Waals surface area contributed by atoms with Crippen molar-refractivity contribution in [1.82, 2.24) is 0 Å². The number of carbonyl (C=O) groups is 1. The van der Waals surface area contributed by atoms with E-state index >= 15 is 0 Å². The van der Waals surface area contributed by atoms with Crippen molar-refractivity contribution in [3.05, 3.63) is 32.8 Å². The fourth-order valence-corrected chi connectivity index (χ4v) is 2.98. The first-order chi connectivity index (χ1) is 9.49. The van der Waals surface area contributed by atoms with Gasteiger partial charge in [-0.1, -0.05) is 12.8 Å². The van der Waals surface area contributed by atoms with E-state index in [0.29, 0.717) is 10.2 Å². The Morgan fingerprint density at radius 1 is 1.40 bits per heavy atom. The molecule has 1 aromatic carbocycles. The molecule has 2 unspecified atom stereocenters. The molecule has 2 atom stereocenters. The maximum absolute atomic E-state index is 12.2. The molecule has 6 nitrogen and oxygen atoms in total. The molecule has 7 heteroatoms. The average molecular weight is 342 g/mol. The standard InChI is InChI=1S/C13H16BrN3O3/c14-10-7-8(5-6-12(10)17(19)20)16-13(18)9-3-1-2-4-11(9)15/h5-7,9,11H,1-4,15H2,(H,16,18). The third-order valence-electron chi connectivity index (χ3n) is 3.57. The summed E-state index contributed by atoms with van der Waals surface area (Å²) in [7, 11) is 0. The maximum Gasteiger partial charge on any atom is 0.283 e. The van der Waals surface area contributed by atoms with Gasteiger partial charge in [0.1, 0.15) is 0 Å². The van der Waals surface area contributed by atoms with Crippen molar-refractivity contribution in [2.45, 2.75) is 31.7 Å². The van der Waals surface area contributed by atoms with Gasteiger partial charge in [0.25, 0.3) is 5.69 Å². The van der Waals surface area contributed by atoms with Crippen LogP contribution in [-0.4, -0.2) is 16.9 Å². The lowest BCUT2D eigenvalue weighted by molar-refractivity contribution is -0.385. The molecule has 3 N–H and O–H groups in total. The average Bonchev–Trinajstić information content (AvgIpc) is 2.38. The van der Waals surface area contributed by atoms with Gasteiger partial charge in [-0.15, -0.1) is 0 Å². The summed E-state index contributed by atoms with van der Waals surface area (Å²) < 4.78 is 0.341. The molecule has 1 aliphatic rings. The number of benzene rings is 1. The first-order valence-corrected chi connectivity index (χ1v) is 7.28. The van der Waals surface area contributed by atoms with E-state index in [2.05, 4.69) is 21.2 Å². The van der Waals surface area contributed by atoms with Crippen LogP contribution in [0, 0.1) is 16.0 Å². The SMILES string of the molecule is NC1CCCCC1C(=O)Nc1ccc([N+](=O)[O-])c(Br)c1. The first-order valence-electron chi connectivity index (χ1n) is 6.49. The van der Waals surface area contributed by atoms with E-state index < -0.39 is 4.92 Å². The highest BCUT2D eigenvalue weighted by atomic mass is 79.9. The first kappa shape index (κ1) is 14.9. The van der Waals surface area contributed by atoms with Crippen molar-refractivity contribution in [1.29, 1.82) is 0 Å². The smallest absolute Gasteiger partial charge is 0.283 e. The Labute approximate surface area is 125 Å².